The van der Waals surface area contributed by atoms with Crippen LogP contribution in [0.4, 0.5) is 0 Å². The van der Waals surface area contributed by atoms with E-state index in [1.54, 1.807) is 0 Å². The molecule has 0 bridgehead atoms. The Hall–Kier alpha value is -1.31. The number of nitrogens with zero attached hydrogens (tertiary/aromatic N) is 1. The Morgan fingerprint density at radius 3 is 0.930 bits per heavy atom. The molecule has 0 aromatic heterocycles. The summed E-state index contributed by atoms with van der Waals surface area (Å²) in [5.41, 5.74) is 0.851. The standard InChI is InChI=1S/C41H75NO/c1-3-5-7-9-11-13-15-17-19-21-23-25-27-29-34-38-42(41(43)40-36-32-31-33-37-40)39-35-30-28-26-24-22-20-18-16-14-12-10-8-6-4-2/h31-33,36-37H,3-30,34-35,38-39H2,1-2H3. The molecule has 0 saturated heterocycles. The Morgan fingerprint density at radius 1 is 0.395 bits per heavy atom. The summed E-state index contributed by atoms with van der Waals surface area (Å²) in [6.45, 7) is 6.43. The second-order valence-electron chi connectivity index (χ2n) is 13.6. The molecule has 0 aliphatic heterocycles. The number of rotatable bonds is 33. The van der Waals surface area contributed by atoms with E-state index in [-0.39, 0.29) is 5.91 Å². The van der Waals surface area contributed by atoms with Crippen LogP contribution in [0.5, 0.6) is 0 Å². The van der Waals surface area contributed by atoms with Crippen molar-refractivity contribution in [1.29, 1.82) is 0 Å². The average molecular weight is 598 g/mol. The molecule has 250 valence electrons. The van der Waals surface area contributed by atoms with Gasteiger partial charge in [-0.2, -0.15) is 0 Å². The van der Waals surface area contributed by atoms with Gasteiger partial charge >= 0.3 is 0 Å². The second kappa shape index (κ2) is 32.1. The van der Waals surface area contributed by atoms with Crippen LogP contribution in [0, 0.1) is 0 Å². The van der Waals surface area contributed by atoms with E-state index in [0.717, 1.165) is 31.5 Å². The van der Waals surface area contributed by atoms with Gasteiger partial charge in [-0.05, 0) is 25.0 Å². The van der Waals surface area contributed by atoms with Crippen molar-refractivity contribution in [3.63, 3.8) is 0 Å². The smallest absolute Gasteiger partial charge is 0.253 e. The molecular formula is C41H75NO. The fourth-order valence-electron chi connectivity index (χ4n) is 6.43. The van der Waals surface area contributed by atoms with Crippen molar-refractivity contribution in [2.24, 2.45) is 0 Å². The molecule has 0 saturated carbocycles. The highest BCUT2D eigenvalue weighted by atomic mass is 16.2. The largest absolute Gasteiger partial charge is 0.339 e. The fourth-order valence-corrected chi connectivity index (χ4v) is 6.43. The molecule has 2 nitrogen and oxygen atoms in total. The lowest BCUT2D eigenvalue weighted by Crippen LogP contribution is -2.33. The molecule has 0 heterocycles. The molecule has 1 aromatic rings. The summed E-state index contributed by atoms with van der Waals surface area (Å²) in [5, 5.41) is 0. The van der Waals surface area contributed by atoms with Crippen LogP contribution in [0.25, 0.3) is 0 Å². The number of unbranched alkanes of at least 4 members (excludes halogenated alkanes) is 28. The Kier molecular flexibility index (Phi) is 29.6. The maximum Gasteiger partial charge on any atom is 0.253 e. The lowest BCUT2D eigenvalue weighted by molar-refractivity contribution is 0.0749. The van der Waals surface area contributed by atoms with E-state index in [4.69, 9.17) is 0 Å². The van der Waals surface area contributed by atoms with Crippen molar-refractivity contribution >= 4 is 5.91 Å². The molecule has 1 amide bonds. The maximum atomic E-state index is 13.2. The quantitative estimate of drug-likeness (QED) is 0.0738. The third-order valence-electron chi connectivity index (χ3n) is 9.37. The van der Waals surface area contributed by atoms with Crippen LogP contribution in [-0.4, -0.2) is 23.9 Å². The van der Waals surface area contributed by atoms with Crippen molar-refractivity contribution < 1.29 is 4.79 Å². The molecule has 0 radical (unpaired) electrons. The van der Waals surface area contributed by atoms with E-state index in [9.17, 15) is 4.79 Å². The van der Waals surface area contributed by atoms with E-state index in [1.807, 2.05) is 30.3 Å². The average Bonchev–Trinajstić information content (AvgIpc) is 3.03. The maximum absolute atomic E-state index is 13.2. The lowest BCUT2D eigenvalue weighted by Gasteiger charge is -2.23. The summed E-state index contributed by atoms with van der Waals surface area (Å²) in [5.74, 6) is 0.233. The first-order valence-corrected chi connectivity index (χ1v) is 19.6. The van der Waals surface area contributed by atoms with Crippen molar-refractivity contribution in [2.45, 2.75) is 206 Å². The van der Waals surface area contributed by atoms with Gasteiger partial charge in [0.05, 0.1) is 0 Å². The normalized spacial score (nSPS) is 11.3. The summed E-state index contributed by atoms with van der Waals surface area (Å²) in [6, 6.07) is 9.95. The second-order valence-corrected chi connectivity index (χ2v) is 13.6. The van der Waals surface area contributed by atoms with Gasteiger partial charge in [-0.25, -0.2) is 0 Å². The molecule has 0 spiro atoms. The molecule has 0 aliphatic rings. The van der Waals surface area contributed by atoms with Crippen LogP contribution >= 0.6 is 0 Å². The van der Waals surface area contributed by atoms with Gasteiger partial charge in [-0.3, -0.25) is 4.79 Å². The zero-order chi connectivity index (χ0) is 30.9. The predicted octanol–water partition coefficient (Wildman–Crippen LogP) is 13.9. The summed E-state index contributed by atoms with van der Waals surface area (Å²) in [4.78, 5) is 15.4. The number of benzene rings is 1. The topological polar surface area (TPSA) is 20.3 Å². The Balaban J connectivity index is 2.07. The van der Waals surface area contributed by atoms with Gasteiger partial charge < -0.3 is 4.90 Å². The van der Waals surface area contributed by atoms with Gasteiger partial charge in [0.1, 0.15) is 0 Å². The highest BCUT2D eigenvalue weighted by Gasteiger charge is 2.14. The summed E-state index contributed by atoms with van der Waals surface area (Å²) in [6.07, 6.45) is 41.5. The molecule has 0 fully saturated rings. The van der Waals surface area contributed by atoms with Crippen LogP contribution in [-0.2, 0) is 0 Å². The molecule has 0 atom stereocenters. The first kappa shape index (κ1) is 39.7. The van der Waals surface area contributed by atoms with Gasteiger partial charge in [0, 0.05) is 18.7 Å². The SMILES string of the molecule is CCCCCCCCCCCCCCCCCN(CCCCCCCCCCCCCCCCC)C(=O)c1ccccc1. The Morgan fingerprint density at radius 2 is 0.651 bits per heavy atom. The van der Waals surface area contributed by atoms with Crippen LogP contribution in [0.1, 0.15) is 217 Å². The van der Waals surface area contributed by atoms with E-state index in [1.165, 1.54) is 180 Å². The van der Waals surface area contributed by atoms with Crippen molar-refractivity contribution in [1.82, 2.24) is 4.90 Å². The van der Waals surface area contributed by atoms with Gasteiger partial charge in [-0.1, -0.05) is 212 Å². The fraction of sp³-hybridized carbons (Fsp3) is 0.829. The van der Waals surface area contributed by atoms with Crippen molar-refractivity contribution in [2.75, 3.05) is 13.1 Å². The molecule has 0 unspecified atom stereocenters. The third kappa shape index (κ3) is 25.7. The molecule has 1 aromatic carbocycles. The van der Waals surface area contributed by atoms with Crippen LogP contribution in [0.3, 0.4) is 0 Å². The monoisotopic (exact) mass is 598 g/mol. The Bertz CT molecular complexity index is 652. The number of amides is 1. The molecule has 0 N–H and O–H groups in total. The third-order valence-corrected chi connectivity index (χ3v) is 9.37. The zero-order valence-corrected chi connectivity index (χ0v) is 29.4. The van der Waals surface area contributed by atoms with Gasteiger partial charge in [0.15, 0.2) is 0 Å². The summed E-state index contributed by atoms with van der Waals surface area (Å²) in [7, 11) is 0. The highest BCUT2D eigenvalue weighted by molar-refractivity contribution is 5.94. The number of hydrogen-bond acceptors (Lipinski definition) is 1. The number of carbonyl (C=O) groups is 1. The minimum absolute atomic E-state index is 0.233. The van der Waals surface area contributed by atoms with Gasteiger partial charge in [-0.15, -0.1) is 0 Å². The lowest BCUT2D eigenvalue weighted by atomic mass is 10.0. The van der Waals surface area contributed by atoms with Gasteiger partial charge in [0.2, 0.25) is 0 Å². The van der Waals surface area contributed by atoms with Crippen LogP contribution in [0.15, 0.2) is 30.3 Å². The number of carbonyl (C=O) groups excluding carboxylic acids is 1. The minimum atomic E-state index is 0.233. The van der Waals surface area contributed by atoms with Gasteiger partial charge in [0.25, 0.3) is 5.91 Å². The highest BCUT2D eigenvalue weighted by Crippen LogP contribution is 2.16. The zero-order valence-electron chi connectivity index (χ0n) is 29.4. The predicted molar refractivity (Wildman–Crippen MR) is 192 cm³/mol. The molecule has 2 heteroatoms. The van der Waals surface area contributed by atoms with Crippen molar-refractivity contribution in [3.8, 4) is 0 Å². The summed E-state index contributed by atoms with van der Waals surface area (Å²) < 4.78 is 0. The van der Waals surface area contributed by atoms with Crippen LogP contribution in [0.2, 0.25) is 0 Å². The van der Waals surface area contributed by atoms with E-state index >= 15 is 0 Å². The first-order valence-electron chi connectivity index (χ1n) is 19.6. The van der Waals surface area contributed by atoms with E-state index in [2.05, 4.69) is 18.7 Å². The summed E-state index contributed by atoms with van der Waals surface area (Å²) >= 11 is 0. The molecule has 0 aliphatic carbocycles. The first-order chi connectivity index (χ1) is 21.3. The van der Waals surface area contributed by atoms with Crippen molar-refractivity contribution in [3.05, 3.63) is 35.9 Å². The van der Waals surface area contributed by atoms with Crippen LogP contribution < -0.4 is 0 Å². The molecule has 1 rings (SSSR count). The molecular weight excluding hydrogens is 522 g/mol. The van der Waals surface area contributed by atoms with E-state index in [0.29, 0.717) is 0 Å². The molecule has 43 heavy (non-hydrogen) atoms. The minimum Gasteiger partial charge on any atom is -0.339 e. The number of hydrogen-bond donors (Lipinski definition) is 0. The van der Waals surface area contributed by atoms with E-state index < -0.39 is 0 Å². The Labute approximate surface area is 270 Å².